The Bertz CT molecular complexity index is 431. The average molecular weight is 176 g/mol. The second kappa shape index (κ2) is 2.76. The lowest BCUT2D eigenvalue weighted by atomic mass is 10.3. The van der Waals surface area contributed by atoms with Crippen molar-refractivity contribution in [2.24, 2.45) is 0 Å². The first-order chi connectivity index (χ1) is 6.18. The number of hydrogen-bond acceptors (Lipinski definition) is 2. The third-order valence-electron chi connectivity index (χ3n) is 2.11. The van der Waals surface area contributed by atoms with Gasteiger partial charge in [-0.3, -0.25) is 0 Å². The first kappa shape index (κ1) is 8.10. The van der Waals surface area contributed by atoms with Crippen molar-refractivity contribution in [3.05, 3.63) is 24.5 Å². The first-order valence-electron chi connectivity index (χ1n) is 4.34. The van der Waals surface area contributed by atoms with Crippen LogP contribution in [-0.2, 0) is 0 Å². The van der Waals surface area contributed by atoms with Crippen LogP contribution in [0.25, 0.3) is 11.0 Å². The molecule has 0 unspecified atom stereocenters. The topological polar surface area (TPSA) is 38.0 Å². The van der Waals surface area contributed by atoms with Crippen molar-refractivity contribution in [2.45, 2.75) is 19.9 Å². The fourth-order valence-electron chi connectivity index (χ4n) is 1.43. The molecular formula is C10H12N2O. The summed E-state index contributed by atoms with van der Waals surface area (Å²) in [4.78, 5) is 4.23. The van der Waals surface area contributed by atoms with Crippen molar-refractivity contribution in [1.82, 2.24) is 9.55 Å². The number of phenolic OH excluding ortho intramolecular Hbond substituents is 1. The van der Waals surface area contributed by atoms with E-state index in [9.17, 15) is 5.11 Å². The molecule has 0 fully saturated rings. The molecule has 0 amide bonds. The van der Waals surface area contributed by atoms with Gasteiger partial charge in [-0.25, -0.2) is 4.98 Å². The molecule has 0 aliphatic carbocycles. The van der Waals surface area contributed by atoms with Crippen LogP contribution in [0.3, 0.4) is 0 Å². The summed E-state index contributed by atoms with van der Waals surface area (Å²) in [6.45, 7) is 4.18. The Morgan fingerprint density at radius 3 is 2.85 bits per heavy atom. The van der Waals surface area contributed by atoms with Gasteiger partial charge in [0.15, 0.2) is 0 Å². The predicted molar refractivity (Wildman–Crippen MR) is 51.8 cm³/mol. The van der Waals surface area contributed by atoms with Crippen LogP contribution in [0.1, 0.15) is 19.9 Å². The molecule has 1 aromatic carbocycles. The van der Waals surface area contributed by atoms with Gasteiger partial charge in [-0.05, 0) is 26.0 Å². The molecular weight excluding hydrogens is 164 g/mol. The van der Waals surface area contributed by atoms with Crippen molar-refractivity contribution in [3.63, 3.8) is 0 Å². The van der Waals surface area contributed by atoms with E-state index in [4.69, 9.17) is 0 Å². The lowest BCUT2D eigenvalue weighted by Crippen LogP contribution is -1.97. The number of fused-ring (bicyclic) bond motifs is 1. The molecule has 0 saturated carbocycles. The standard InChI is InChI=1S/C10H12N2O/c1-7(2)12-6-11-9-4-3-8(13)5-10(9)12/h3-7,13H,1-2H3. The fraction of sp³-hybridized carbons (Fsp3) is 0.300. The van der Waals surface area contributed by atoms with E-state index >= 15 is 0 Å². The second-order valence-corrected chi connectivity index (χ2v) is 3.42. The monoisotopic (exact) mass is 176 g/mol. The van der Waals surface area contributed by atoms with E-state index in [-0.39, 0.29) is 5.75 Å². The van der Waals surface area contributed by atoms with Gasteiger partial charge in [0.05, 0.1) is 17.4 Å². The average Bonchev–Trinajstić information content (AvgIpc) is 2.46. The van der Waals surface area contributed by atoms with Crippen LogP contribution in [0.5, 0.6) is 5.75 Å². The molecule has 0 saturated heterocycles. The van der Waals surface area contributed by atoms with E-state index in [0.29, 0.717) is 6.04 Å². The van der Waals surface area contributed by atoms with E-state index in [2.05, 4.69) is 18.8 Å². The number of hydrogen-bond donors (Lipinski definition) is 1. The van der Waals surface area contributed by atoms with E-state index in [1.807, 2.05) is 10.6 Å². The van der Waals surface area contributed by atoms with Gasteiger partial charge in [0, 0.05) is 12.1 Å². The number of phenols is 1. The molecule has 2 rings (SSSR count). The van der Waals surface area contributed by atoms with E-state index in [1.54, 1.807) is 18.5 Å². The molecule has 0 atom stereocenters. The number of nitrogens with zero attached hydrogens (tertiary/aromatic N) is 2. The maximum Gasteiger partial charge on any atom is 0.117 e. The maximum absolute atomic E-state index is 9.31. The third kappa shape index (κ3) is 1.26. The largest absolute Gasteiger partial charge is 0.508 e. The number of aromatic hydroxyl groups is 1. The Balaban J connectivity index is 2.71. The highest BCUT2D eigenvalue weighted by molar-refractivity contribution is 5.77. The Morgan fingerprint density at radius 1 is 1.38 bits per heavy atom. The van der Waals surface area contributed by atoms with Gasteiger partial charge >= 0.3 is 0 Å². The molecule has 0 bridgehead atoms. The van der Waals surface area contributed by atoms with Crippen molar-refractivity contribution in [1.29, 1.82) is 0 Å². The molecule has 0 radical (unpaired) electrons. The van der Waals surface area contributed by atoms with Crippen molar-refractivity contribution in [3.8, 4) is 5.75 Å². The van der Waals surface area contributed by atoms with Gasteiger partial charge in [-0.1, -0.05) is 0 Å². The fourth-order valence-corrected chi connectivity index (χ4v) is 1.43. The maximum atomic E-state index is 9.31. The number of aromatic nitrogens is 2. The first-order valence-corrected chi connectivity index (χ1v) is 4.34. The van der Waals surface area contributed by atoms with Crippen LogP contribution in [0, 0.1) is 0 Å². The molecule has 0 aliphatic heterocycles. The van der Waals surface area contributed by atoms with Gasteiger partial charge in [-0.15, -0.1) is 0 Å². The van der Waals surface area contributed by atoms with Crippen molar-refractivity contribution < 1.29 is 5.11 Å². The summed E-state index contributed by atoms with van der Waals surface area (Å²) >= 11 is 0. The van der Waals surface area contributed by atoms with Crippen LogP contribution >= 0.6 is 0 Å². The van der Waals surface area contributed by atoms with Crippen molar-refractivity contribution in [2.75, 3.05) is 0 Å². The molecule has 0 aliphatic rings. The minimum absolute atomic E-state index is 0.287. The summed E-state index contributed by atoms with van der Waals surface area (Å²) in [5.74, 6) is 0.287. The van der Waals surface area contributed by atoms with E-state index < -0.39 is 0 Å². The normalized spacial score (nSPS) is 11.3. The number of rotatable bonds is 1. The summed E-state index contributed by atoms with van der Waals surface area (Å²) in [6, 6.07) is 5.58. The van der Waals surface area contributed by atoms with Crippen LogP contribution in [0.2, 0.25) is 0 Å². The van der Waals surface area contributed by atoms with Crippen LogP contribution in [0.4, 0.5) is 0 Å². The van der Waals surface area contributed by atoms with Crippen LogP contribution in [0.15, 0.2) is 24.5 Å². The number of benzene rings is 1. The minimum atomic E-state index is 0.287. The summed E-state index contributed by atoms with van der Waals surface area (Å²) < 4.78 is 2.04. The highest BCUT2D eigenvalue weighted by Gasteiger charge is 2.05. The highest BCUT2D eigenvalue weighted by atomic mass is 16.3. The van der Waals surface area contributed by atoms with E-state index in [0.717, 1.165) is 11.0 Å². The third-order valence-corrected chi connectivity index (χ3v) is 2.11. The Hall–Kier alpha value is -1.51. The lowest BCUT2D eigenvalue weighted by Gasteiger charge is -2.07. The van der Waals surface area contributed by atoms with Gasteiger partial charge in [0.2, 0.25) is 0 Å². The Morgan fingerprint density at radius 2 is 2.15 bits per heavy atom. The summed E-state index contributed by atoms with van der Waals surface area (Å²) in [6.07, 6.45) is 1.80. The number of imidazole rings is 1. The molecule has 3 heteroatoms. The predicted octanol–water partition coefficient (Wildman–Crippen LogP) is 2.32. The molecule has 0 spiro atoms. The molecule has 1 heterocycles. The van der Waals surface area contributed by atoms with Gasteiger partial charge in [-0.2, -0.15) is 0 Å². The quantitative estimate of drug-likeness (QED) is 0.724. The van der Waals surface area contributed by atoms with Gasteiger partial charge in [0.25, 0.3) is 0 Å². The minimum Gasteiger partial charge on any atom is -0.508 e. The zero-order valence-electron chi connectivity index (χ0n) is 7.73. The zero-order valence-corrected chi connectivity index (χ0v) is 7.73. The summed E-state index contributed by atoms with van der Waals surface area (Å²) in [7, 11) is 0. The molecule has 3 nitrogen and oxygen atoms in total. The molecule has 68 valence electrons. The highest BCUT2D eigenvalue weighted by Crippen LogP contribution is 2.21. The Labute approximate surface area is 76.6 Å². The molecule has 1 aromatic heterocycles. The lowest BCUT2D eigenvalue weighted by molar-refractivity contribution is 0.475. The van der Waals surface area contributed by atoms with Gasteiger partial charge < -0.3 is 9.67 Å². The second-order valence-electron chi connectivity index (χ2n) is 3.42. The summed E-state index contributed by atoms with van der Waals surface area (Å²) in [5.41, 5.74) is 1.90. The van der Waals surface area contributed by atoms with E-state index in [1.165, 1.54) is 0 Å². The van der Waals surface area contributed by atoms with Crippen molar-refractivity contribution >= 4 is 11.0 Å². The van der Waals surface area contributed by atoms with Crippen LogP contribution in [-0.4, -0.2) is 14.7 Å². The smallest absolute Gasteiger partial charge is 0.117 e. The Kier molecular flexibility index (Phi) is 1.72. The molecule has 13 heavy (non-hydrogen) atoms. The molecule has 1 N–H and O–H groups in total. The summed E-state index contributed by atoms with van der Waals surface area (Å²) in [5, 5.41) is 9.31. The molecule has 2 aromatic rings. The van der Waals surface area contributed by atoms with Crippen LogP contribution < -0.4 is 0 Å². The van der Waals surface area contributed by atoms with Gasteiger partial charge in [0.1, 0.15) is 5.75 Å². The zero-order chi connectivity index (χ0) is 9.42. The SMILES string of the molecule is CC(C)n1cnc2ccc(O)cc21.